The maximum atomic E-state index is 13.1. The number of para-hydroxylation sites is 1. The number of rotatable bonds is 4. The molecule has 22 heavy (non-hydrogen) atoms. The van der Waals surface area contributed by atoms with Crippen molar-refractivity contribution in [3.8, 4) is 0 Å². The first-order chi connectivity index (χ1) is 10.7. The van der Waals surface area contributed by atoms with Gasteiger partial charge >= 0.3 is 0 Å². The van der Waals surface area contributed by atoms with Crippen LogP contribution in [-0.2, 0) is 0 Å². The third-order valence-corrected chi connectivity index (χ3v) is 4.05. The molecule has 1 aliphatic rings. The molecule has 0 bridgehead atoms. The Morgan fingerprint density at radius 3 is 2.77 bits per heavy atom. The fraction of sp³-hybridized carbons (Fsp3) is 0.278. The van der Waals surface area contributed by atoms with E-state index in [0.717, 1.165) is 19.5 Å². The maximum Gasteiger partial charge on any atom is 0.251 e. The van der Waals surface area contributed by atoms with Crippen molar-refractivity contribution in [1.82, 2.24) is 5.32 Å². The van der Waals surface area contributed by atoms with Crippen LogP contribution >= 0.6 is 0 Å². The molecule has 1 heterocycles. The molecule has 1 aliphatic heterocycles. The van der Waals surface area contributed by atoms with Gasteiger partial charge in [-0.3, -0.25) is 4.79 Å². The first kappa shape index (κ1) is 14.6. The molecule has 0 aliphatic carbocycles. The van der Waals surface area contributed by atoms with Crippen LogP contribution in [0.2, 0.25) is 0 Å². The van der Waals surface area contributed by atoms with E-state index in [9.17, 15) is 9.18 Å². The molecule has 0 saturated carbocycles. The Labute approximate surface area is 129 Å². The zero-order valence-corrected chi connectivity index (χ0v) is 12.3. The predicted molar refractivity (Wildman–Crippen MR) is 85.5 cm³/mol. The van der Waals surface area contributed by atoms with Crippen molar-refractivity contribution in [1.29, 1.82) is 0 Å². The molecule has 2 aromatic rings. The quantitative estimate of drug-likeness (QED) is 0.941. The lowest BCUT2D eigenvalue weighted by atomic mass is 10.1. The molecule has 1 N–H and O–H groups in total. The standard InChI is InChI=1S/C18H19FN2O/c19-16-6-4-5-15(11-16)18(22)20-12-14-9-10-21(13-14)17-7-2-1-3-8-17/h1-8,11,14H,9-10,12-13H2,(H,20,22)/t14-/m1/s1. The van der Waals surface area contributed by atoms with E-state index in [1.807, 2.05) is 18.2 Å². The first-order valence-electron chi connectivity index (χ1n) is 7.56. The highest BCUT2D eigenvalue weighted by atomic mass is 19.1. The molecular formula is C18H19FN2O. The van der Waals surface area contributed by atoms with Crippen molar-refractivity contribution in [3.05, 3.63) is 66.0 Å². The van der Waals surface area contributed by atoms with E-state index in [4.69, 9.17) is 0 Å². The third kappa shape index (κ3) is 3.45. The Morgan fingerprint density at radius 2 is 2.00 bits per heavy atom. The van der Waals surface area contributed by atoms with E-state index in [1.54, 1.807) is 12.1 Å². The van der Waals surface area contributed by atoms with Crippen molar-refractivity contribution >= 4 is 11.6 Å². The summed E-state index contributed by atoms with van der Waals surface area (Å²) in [6, 6.07) is 16.1. The van der Waals surface area contributed by atoms with Crippen molar-refractivity contribution in [3.63, 3.8) is 0 Å². The lowest BCUT2D eigenvalue weighted by Crippen LogP contribution is -2.31. The summed E-state index contributed by atoms with van der Waals surface area (Å²) >= 11 is 0. The zero-order chi connectivity index (χ0) is 15.4. The summed E-state index contributed by atoms with van der Waals surface area (Å²) in [7, 11) is 0. The van der Waals surface area contributed by atoms with E-state index in [1.165, 1.54) is 17.8 Å². The van der Waals surface area contributed by atoms with Gasteiger partial charge in [0.25, 0.3) is 5.91 Å². The molecule has 0 spiro atoms. The number of halogens is 1. The van der Waals surface area contributed by atoms with Crippen LogP contribution in [0, 0.1) is 11.7 Å². The predicted octanol–water partition coefficient (Wildman–Crippen LogP) is 3.08. The number of nitrogens with zero attached hydrogens (tertiary/aromatic N) is 1. The monoisotopic (exact) mass is 298 g/mol. The molecule has 114 valence electrons. The Balaban J connectivity index is 1.52. The smallest absolute Gasteiger partial charge is 0.251 e. The number of hydrogen-bond donors (Lipinski definition) is 1. The van der Waals surface area contributed by atoms with Crippen molar-refractivity contribution < 1.29 is 9.18 Å². The van der Waals surface area contributed by atoms with Gasteiger partial charge in [0.05, 0.1) is 0 Å². The summed E-state index contributed by atoms with van der Waals surface area (Å²) in [6.45, 7) is 2.57. The van der Waals surface area contributed by atoms with Gasteiger partial charge in [0, 0.05) is 30.9 Å². The summed E-state index contributed by atoms with van der Waals surface area (Å²) in [5, 5.41) is 2.91. The van der Waals surface area contributed by atoms with Gasteiger partial charge in [0.2, 0.25) is 0 Å². The molecular weight excluding hydrogens is 279 g/mol. The molecule has 1 atom stereocenters. The lowest BCUT2D eigenvalue weighted by Gasteiger charge is -2.18. The van der Waals surface area contributed by atoms with Crippen LogP contribution in [0.25, 0.3) is 0 Å². The van der Waals surface area contributed by atoms with E-state index in [2.05, 4.69) is 22.3 Å². The molecule has 0 aromatic heterocycles. The first-order valence-corrected chi connectivity index (χ1v) is 7.56. The van der Waals surface area contributed by atoms with Crippen molar-refractivity contribution in [2.75, 3.05) is 24.5 Å². The van der Waals surface area contributed by atoms with Crippen LogP contribution in [0.15, 0.2) is 54.6 Å². The Hall–Kier alpha value is -2.36. The topological polar surface area (TPSA) is 32.3 Å². The number of anilines is 1. The van der Waals surface area contributed by atoms with Gasteiger partial charge in [-0.2, -0.15) is 0 Å². The SMILES string of the molecule is O=C(NC[C@H]1CCN(c2ccccc2)C1)c1cccc(F)c1. The minimum atomic E-state index is -0.385. The minimum absolute atomic E-state index is 0.210. The zero-order valence-electron chi connectivity index (χ0n) is 12.3. The molecule has 1 fully saturated rings. The number of hydrogen-bond acceptors (Lipinski definition) is 2. The summed E-state index contributed by atoms with van der Waals surface area (Å²) in [6.07, 6.45) is 1.05. The highest BCUT2D eigenvalue weighted by Crippen LogP contribution is 2.23. The molecule has 3 nitrogen and oxygen atoms in total. The molecule has 0 unspecified atom stereocenters. The Kier molecular flexibility index (Phi) is 4.37. The fourth-order valence-corrected chi connectivity index (χ4v) is 2.84. The largest absolute Gasteiger partial charge is 0.371 e. The van der Waals surface area contributed by atoms with Gasteiger partial charge in [-0.1, -0.05) is 24.3 Å². The second-order valence-electron chi connectivity index (χ2n) is 5.66. The minimum Gasteiger partial charge on any atom is -0.371 e. The van der Waals surface area contributed by atoms with Gasteiger partial charge in [-0.05, 0) is 42.7 Å². The van der Waals surface area contributed by atoms with E-state index < -0.39 is 0 Å². The van der Waals surface area contributed by atoms with E-state index in [0.29, 0.717) is 18.0 Å². The molecule has 2 aromatic carbocycles. The van der Waals surface area contributed by atoms with Gasteiger partial charge in [0.15, 0.2) is 0 Å². The van der Waals surface area contributed by atoms with E-state index in [-0.39, 0.29) is 11.7 Å². The highest BCUT2D eigenvalue weighted by Gasteiger charge is 2.23. The fourth-order valence-electron chi connectivity index (χ4n) is 2.84. The average molecular weight is 298 g/mol. The lowest BCUT2D eigenvalue weighted by molar-refractivity contribution is 0.0948. The number of carbonyl (C=O) groups is 1. The second kappa shape index (κ2) is 6.60. The van der Waals surface area contributed by atoms with Crippen LogP contribution < -0.4 is 10.2 Å². The number of benzene rings is 2. The Bertz CT molecular complexity index is 645. The molecule has 1 amide bonds. The van der Waals surface area contributed by atoms with Crippen molar-refractivity contribution in [2.24, 2.45) is 5.92 Å². The summed E-state index contributed by atoms with van der Waals surface area (Å²) < 4.78 is 13.1. The second-order valence-corrected chi connectivity index (χ2v) is 5.66. The number of nitrogens with one attached hydrogen (secondary N) is 1. The van der Waals surface area contributed by atoms with Gasteiger partial charge in [-0.15, -0.1) is 0 Å². The van der Waals surface area contributed by atoms with Crippen LogP contribution in [0.3, 0.4) is 0 Å². The van der Waals surface area contributed by atoms with Crippen LogP contribution in [0.5, 0.6) is 0 Å². The molecule has 4 heteroatoms. The number of amides is 1. The molecule has 1 saturated heterocycles. The van der Waals surface area contributed by atoms with Crippen LogP contribution in [-0.4, -0.2) is 25.5 Å². The number of carbonyl (C=O) groups excluding carboxylic acids is 1. The van der Waals surface area contributed by atoms with Crippen LogP contribution in [0.4, 0.5) is 10.1 Å². The molecule has 3 rings (SSSR count). The average Bonchev–Trinajstić information content (AvgIpc) is 3.02. The highest BCUT2D eigenvalue weighted by molar-refractivity contribution is 5.94. The maximum absolute atomic E-state index is 13.1. The van der Waals surface area contributed by atoms with Crippen molar-refractivity contribution in [2.45, 2.75) is 6.42 Å². The summed E-state index contributed by atoms with van der Waals surface area (Å²) in [5.74, 6) is -0.167. The normalized spacial score (nSPS) is 17.5. The van der Waals surface area contributed by atoms with E-state index >= 15 is 0 Å². The summed E-state index contributed by atoms with van der Waals surface area (Å²) in [4.78, 5) is 14.3. The van der Waals surface area contributed by atoms with Crippen LogP contribution in [0.1, 0.15) is 16.8 Å². The third-order valence-electron chi connectivity index (χ3n) is 4.05. The van der Waals surface area contributed by atoms with Gasteiger partial charge in [-0.25, -0.2) is 4.39 Å². The Morgan fingerprint density at radius 1 is 1.18 bits per heavy atom. The summed E-state index contributed by atoms with van der Waals surface area (Å²) in [5.41, 5.74) is 1.60. The molecule has 0 radical (unpaired) electrons. The van der Waals surface area contributed by atoms with Gasteiger partial charge in [0.1, 0.15) is 5.82 Å². The van der Waals surface area contributed by atoms with Gasteiger partial charge < -0.3 is 10.2 Å².